The lowest BCUT2D eigenvalue weighted by Crippen LogP contribution is -2.40. The average molecular weight is 612 g/mol. The molecule has 5 aromatic rings. The van der Waals surface area contributed by atoms with Gasteiger partial charge in [-0.1, -0.05) is 51.1 Å². The molecule has 0 bridgehead atoms. The third-order valence-corrected chi connectivity index (χ3v) is 12.6. The van der Waals surface area contributed by atoms with Gasteiger partial charge in [0.2, 0.25) is 5.95 Å². The summed E-state index contributed by atoms with van der Waals surface area (Å²) in [4.78, 5) is 17.2. The molecule has 10 heteroatoms. The number of aromatic nitrogens is 3. The van der Waals surface area contributed by atoms with Gasteiger partial charge in [-0.2, -0.15) is 4.98 Å². The summed E-state index contributed by atoms with van der Waals surface area (Å²) >= 11 is 0. The second-order valence-electron chi connectivity index (χ2n) is 12.3. The first-order valence-corrected chi connectivity index (χ1v) is 17.4. The molecule has 0 fully saturated rings. The summed E-state index contributed by atoms with van der Waals surface area (Å²) < 4.78 is 26.9. The molecule has 1 amide bonds. The molecule has 44 heavy (non-hydrogen) atoms. The molecule has 0 aliphatic rings. The van der Waals surface area contributed by atoms with E-state index in [-0.39, 0.29) is 16.8 Å². The number of halogens is 1. The van der Waals surface area contributed by atoms with Crippen LogP contribution in [-0.2, 0) is 17.6 Å². The molecule has 0 spiro atoms. The molecule has 228 valence electrons. The number of pyridine rings is 1. The molecule has 5 rings (SSSR count). The van der Waals surface area contributed by atoms with Gasteiger partial charge >= 0.3 is 0 Å². The van der Waals surface area contributed by atoms with E-state index in [1.54, 1.807) is 35.9 Å². The molecule has 0 radical (unpaired) electrons. The standard InChI is InChI=1S/C34H38FN5O3Si/c1-34(2,3)44(5,6)43-22-24-9-17-29(30(19-24)42-4)37-33-38-31-18-14-27(21-40(31)39-33)25-10-12-26(13-11-25)32(41)36-20-23-7-15-28(35)16-8-23/h7-19,21H,20,22H2,1-6H3,(H,36,41)(H,37,39). The number of benzene rings is 3. The highest BCUT2D eigenvalue weighted by atomic mass is 28.4. The maximum absolute atomic E-state index is 13.1. The van der Waals surface area contributed by atoms with Gasteiger partial charge in [-0.05, 0) is 83.4 Å². The van der Waals surface area contributed by atoms with E-state index in [2.05, 4.69) is 54.6 Å². The minimum atomic E-state index is -1.87. The van der Waals surface area contributed by atoms with E-state index >= 15 is 0 Å². The summed E-state index contributed by atoms with van der Waals surface area (Å²) in [6.07, 6.45) is 1.90. The summed E-state index contributed by atoms with van der Waals surface area (Å²) in [6.45, 7) is 12.0. The summed E-state index contributed by atoms with van der Waals surface area (Å²) in [7, 11) is -0.228. The zero-order valence-corrected chi connectivity index (χ0v) is 26.9. The van der Waals surface area contributed by atoms with Gasteiger partial charge in [-0.15, -0.1) is 5.10 Å². The Morgan fingerprint density at radius 1 is 0.932 bits per heavy atom. The highest BCUT2D eigenvalue weighted by Crippen LogP contribution is 2.37. The number of ether oxygens (including phenoxy) is 1. The van der Waals surface area contributed by atoms with E-state index in [0.29, 0.717) is 36.1 Å². The lowest BCUT2D eigenvalue weighted by atomic mass is 10.1. The van der Waals surface area contributed by atoms with Crippen molar-refractivity contribution in [2.45, 2.75) is 52.1 Å². The van der Waals surface area contributed by atoms with E-state index in [9.17, 15) is 9.18 Å². The van der Waals surface area contributed by atoms with Crippen molar-refractivity contribution in [2.24, 2.45) is 0 Å². The number of nitrogens with one attached hydrogen (secondary N) is 2. The molecule has 0 aliphatic heterocycles. The van der Waals surface area contributed by atoms with Gasteiger partial charge in [-0.3, -0.25) is 4.79 Å². The number of amides is 1. The Balaban J connectivity index is 1.25. The molecule has 0 saturated heterocycles. The quantitative estimate of drug-likeness (QED) is 0.157. The van der Waals surface area contributed by atoms with Crippen LogP contribution < -0.4 is 15.4 Å². The SMILES string of the molecule is COc1cc(CO[Si](C)(C)C(C)(C)C)ccc1Nc1nc2ccc(-c3ccc(C(=O)NCc4ccc(F)cc4)cc3)cn2n1. The van der Waals surface area contributed by atoms with Crippen molar-refractivity contribution in [2.75, 3.05) is 12.4 Å². The van der Waals surface area contributed by atoms with Crippen molar-refractivity contribution in [3.63, 3.8) is 0 Å². The average Bonchev–Trinajstić information content (AvgIpc) is 3.41. The number of rotatable bonds is 10. The van der Waals surface area contributed by atoms with Gasteiger partial charge in [0.15, 0.2) is 14.0 Å². The number of carbonyl (C=O) groups excluding carboxylic acids is 1. The Morgan fingerprint density at radius 3 is 2.30 bits per heavy atom. The molecule has 2 heterocycles. The lowest BCUT2D eigenvalue weighted by Gasteiger charge is -2.36. The van der Waals surface area contributed by atoms with Crippen LogP contribution in [0.1, 0.15) is 42.3 Å². The Kier molecular flexibility index (Phi) is 8.84. The van der Waals surface area contributed by atoms with E-state index in [1.165, 1.54) is 12.1 Å². The maximum atomic E-state index is 13.1. The molecule has 0 atom stereocenters. The lowest BCUT2D eigenvalue weighted by molar-refractivity contribution is 0.0951. The fraction of sp³-hybridized carbons (Fsp3) is 0.265. The van der Waals surface area contributed by atoms with E-state index in [0.717, 1.165) is 27.9 Å². The summed E-state index contributed by atoms with van der Waals surface area (Å²) in [5, 5.41) is 10.9. The van der Waals surface area contributed by atoms with Gasteiger partial charge < -0.3 is 19.8 Å². The molecule has 0 unspecified atom stereocenters. The van der Waals surface area contributed by atoms with Gasteiger partial charge in [0, 0.05) is 23.9 Å². The number of methoxy groups -OCH3 is 1. The van der Waals surface area contributed by atoms with E-state index in [1.807, 2.05) is 48.7 Å². The Hall–Kier alpha value is -4.54. The van der Waals surface area contributed by atoms with Crippen LogP contribution in [-0.4, -0.2) is 35.9 Å². The Morgan fingerprint density at radius 2 is 1.61 bits per heavy atom. The molecule has 3 aromatic carbocycles. The van der Waals surface area contributed by atoms with Crippen molar-refractivity contribution in [1.82, 2.24) is 19.9 Å². The van der Waals surface area contributed by atoms with E-state index < -0.39 is 8.32 Å². The largest absolute Gasteiger partial charge is 0.495 e. The topological polar surface area (TPSA) is 89.8 Å². The van der Waals surface area contributed by atoms with Gasteiger partial charge in [0.25, 0.3) is 5.91 Å². The minimum absolute atomic E-state index is 0.139. The van der Waals surface area contributed by atoms with Crippen LogP contribution in [0.5, 0.6) is 5.75 Å². The molecular formula is C34H38FN5O3Si. The number of fused-ring (bicyclic) bond motifs is 1. The highest BCUT2D eigenvalue weighted by molar-refractivity contribution is 6.74. The first kappa shape index (κ1) is 30.9. The first-order valence-electron chi connectivity index (χ1n) is 14.5. The van der Waals surface area contributed by atoms with Gasteiger partial charge in [-0.25, -0.2) is 8.91 Å². The smallest absolute Gasteiger partial charge is 0.251 e. The third-order valence-electron chi connectivity index (χ3n) is 8.10. The summed E-state index contributed by atoms with van der Waals surface area (Å²) in [6, 6.07) is 23.2. The number of hydrogen-bond donors (Lipinski definition) is 2. The number of carbonyl (C=O) groups is 1. The van der Waals surface area contributed by atoms with Crippen LogP contribution in [0.2, 0.25) is 18.1 Å². The minimum Gasteiger partial charge on any atom is -0.495 e. The van der Waals surface area contributed by atoms with Crippen molar-refractivity contribution < 1.29 is 18.3 Å². The second-order valence-corrected chi connectivity index (χ2v) is 17.1. The van der Waals surface area contributed by atoms with Crippen LogP contribution in [0, 0.1) is 5.82 Å². The van der Waals surface area contributed by atoms with Crippen molar-refractivity contribution in [3.8, 4) is 16.9 Å². The Labute approximate surface area is 258 Å². The van der Waals surface area contributed by atoms with Gasteiger partial charge in [0.1, 0.15) is 11.6 Å². The van der Waals surface area contributed by atoms with E-state index in [4.69, 9.17) is 9.16 Å². The van der Waals surface area contributed by atoms with Crippen LogP contribution in [0.3, 0.4) is 0 Å². The fourth-order valence-corrected chi connectivity index (χ4v) is 5.30. The van der Waals surface area contributed by atoms with Crippen LogP contribution in [0.4, 0.5) is 16.0 Å². The zero-order valence-electron chi connectivity index (χ0n) is 25.9. The first-order chi connectivity index (χ1) is 20.9. The third kappa shape index (κ3) is 7.15. The molecular weight excluding hydrogens is 573 g/mol. The predicted molar refractivity (Wildman–Crippen MR) is 174 cm³/mol. The van der Waals surface area contributed by atoms with Crippen molar-refractivity contribution in [1.29, 1.82) is 0 Å². The van der Waals surface area contributed by atoms with Crippen LogP contribution in [0.15, 0.2) is 85.1 Å². The summed E-state index contributed by atoms with van der Waals surface area (Å²) in [5.74, 6) is 0.623. The number of nitrogens with zero attached hydrogens (tertiary/aromatic N) is 3. The highest BCUT2D eigenvalue weighted by Gasteiger charge is 2.37. The van der Waals surface area contributed by atoms with Crippen LogP contribution in [0.25, 0.3) is 16.8 Å². The maximum Gasteiger partial charge on any atom is 0.251 e. The van der Waals surface area contributed by atoms with Crippen molar-refractivity contribution in [3.05, 3.63) is 108 Å². The predicted octanol–water partition coefficient (Wildman–Crippen LogP) is 7.74. The normalized spacial score (nSPS) is 11.9. The molecule has 0 aliphatic carbocycles. The number of anilines is 2. The van der Waals surface area contributed by atoms with Crippen LogP contribution >= 0.6 is 0 Å². The van der Waals surface area contributed by atoms with Crippen molar-refractivity contribution >= 4 is 31.5 Å². The second kappa shape index (κ2) is 12.6. The zero-order chi connectivity index (χ0) is 31.5. The molecule has 2 N–H and O–H groups in total. The fourth-order valence-electron chi connectivity index (χ4n) is 4.34. The molecule has 0 saturated carbocycles. The summed E-state index contributed by atoms with van der Waals surface area (Å²) in [5.41, 5.74) is 5.71. The molecule has 2 aromatic heterocycles. The number of hydrogen-bond acceptors (Lipinski definition) is 6. The Bertz CT molecular complexity index is 1760. The molecule has 8 nitrogen and oxygen atoms in total. The van der Waals surface area contributed by atoms with Gasteiger partial charge in [0.05, 0.1) is 19.4 Å². The monoisotopic (exact) mass is 611 g/mol.